The summed E-state index contributed by atoms with van der Waals surface area (Å²) in [6.45, 7) is 3.06. The predicted molar refractivity (Wildman–Crippen MR) is 67.3 cm³/mol. The van der Waals surface area contributed by atoms with Crippen molar-refractivity contribution < 1.29 is 18.7 Å². The average molecular weight is 262 g/mol. The topological polar surface area (TPSA) is 81.4 Å². The molecule has 1 unspecified atom stereocenters. The van der Waals surface area contributed by atoms with Crippen molar-refractivity contribution in [3.63, 3.8) is 0 Å². The Kier molecular flexibility index (Phi) is 3.50. The normalized spacial score (nSPS) is 12.2. The van der Waals surface area contributed by atoms with Gasteiger partial charge in [-0.05, 0) is 6.07 Å². The first-order valence-corrected chi connectivity index (χ1v) is 5.74. The summed E-state index contributed by atoms with van der Waals surface area (Å²) in [5.74, 6) is -0.384. The van der Waals surface area contributed by atoms with E-state index in [0.717, 1.165) is 0 Å². The van der Waals surface area contributed by atoms with Crippen LogP contribution >= 0.6 is 0 Å². The number of carbonyl (C=O) groups excluding carboxylic acids is 2. The van der Waals surface area contributed by atoms with E-state index >= 15 is 0 Å². The van der Waals surface area contributed by atoms with Crippen LogP contribution in [-0.4, -0.2) is 24.0 Å². The molecule has 0 saturated heterocycles. The van der Waals surface area contributed by atoms with Crippen LogP contribution in [0.25, 0.3) is 11.1 Å². The van der Waals surface area contributed by atoms with Crippen LogP contribution in [-0.2, 0) is 14.3 Å². The SMILES string of the molecule is COC(=O)C(NC(C)=O)c1cccc2oc(C)nc12. The average Bonchev–Trinajstić information content (AvgIpc) is 2.74. The summed E-state index contributed by atoms with van der Waals surface area (Å²) in [6, 6.07) is 4.30. The number of methoxy groups -OCH3 is 1. The number of esters is 1. The molecular weight excluding hydrogens is 248 g/mol. The number of para-hydroxylation sites is 1. The van der Waals surface area contributed by atoms with Crippen LogP contribution in [0.5, 0.6) is 0 Å². The quantitative estimate of drug-likeness (QED) is 0.847. The van der Waals surface area contributed by atoms with Crippen LogP contribution in [0.1, 0.15) is 24.4 Å². The first-order valence-electron chi connectivity index (χ1n) is 5.74. The highest BCUT2D eigenvalue weighted by atomic mass is 16.5. The van der Waals surface area contributed by atoms with Crippen LogP contribution in [0.4, 0.5) is 0 Å². The van der Waals surface area contributed by atoms with Gasteiger partial charge in [0, 0.05) is 19.4 Å². The molecule has 6 heteroatoms. The second-order valence-corrected chi connectivity index (χ2v) is 4.08. The molecule has 1 aromatic heterocycles. The first kappa shape index (κ1) is 13.1. The number of hydrogen-bond donors (Lipinski definition) is 1. The van der Waals surface area contributed by atoms with E-state index in [1.165, 1.54) is 14.0 Å². The van der Waals surface area contributed by atoms with Gasteiger partial charge in [0.15, 0.2) is 17.5 Å². The van der Waals surface area contributed by atoms with Gasteiger partial charge in [-0.1, -0.05) is 12.1 Å². The third-order valence-electron chi connectivity index (χ3n) is 2.65. The van der Waals surface area contributed by atoms with Gasteiger partial charge in [0.2, 0.25) is 5.91 Å². The fourth-order valence-corrected chi connectivity index (χ4v) is 1.90. The summed E-state index contributed by atoms with van der Waals surface area (Å²) >= 11 is 0. The molecule has 0 fully saturated rings. The standard InChI is InChI=1S/C13H14N2O4/c1-7(16)14-12(13(17)18-3)9-5-4-6-10-11(9)15-8(2)19-10/h4-6,12H,1-3H3,(H,14,16). The lowest BCUT2D eigenvalue weighted by Crippen LogP contribution is -2.33. The van der Waals surface area contributed by atoms with Crippen molar-refractivity contribution in [3.8, 4) is 0 Å². The Morgan fingerprint density at radius 2 is 2.16 bits per heavy atom. The second kappa shape index (κ2) is 5.09. The number of nitrogens with one attached hydrogen (secondary N) is 1. The molecule has 2 rings (SSSR count). The summed E-state index contributed by atoms with van der Waals surface area (Å²) in [5, 5.41) is 2.55. The molecule has 1 atom stereocenters. The molecule has 1 aromatic carbocycles. The monoisotopic (exact) mass is 262 g/mol. The molecule has 1 amide bonds. The van der Waals surface area contributed by atoms with E-state index in [1.807, 2.05) is 0 Å². The second-order valence-electron chi connectivity index (χ2n) is 4.08. The van der Waals surface area contributed by atoms with Gasteiger partial charge < -0.3 is 14.5 Å². The van der Waals surface area contributed by atoms with Gasteiger partial charge in [0.25, 0.3) is 0 Å². The molecule has 6 nitrogen and oxygen atoms in total. The Morgan fingerprint density at radius 1 is 1.42 bits per heavy atom. The van der Waals surface area contributed by atoms with Crippen molar-refractivity contribution in [3.05, 3.63) is 29.7 Å². The maximum atomic E-state index is 11.8. The highest BCUT2D eigenvalue weighted by Gasteiger charge is 2.25. The fourth-order valence-electron chi connectivity index (χ4n) is 1.90. The summed E-state index contributed by atoms with van der Waals surface area (Å²) in [5.41, 5.74) is 1.66. The van der Waals surface area contributed by atoms with Crippen molar-refractivity contribution in [2.75, 3.05) is 7.11 Å². The number of aromatic nitrogens is 1. The number of ether oxygens (including phenoxy) is 1. The lowest BCUT2D eigenvalue weighted by Gasteiger charge is -2.15. The van der Waals surface area contributed by atoms with Crippen molar-refractivity contribution in [1.29, 1.82) is 0 Å². The van der Waals surface area contributed by atoms with E-state index in [-0.39, 0.29) is 5.91 Å². The molecule has 0 radical (unpaired) electrons. The summed E-state index contributed by atoms with van der Waals surface area (Å²) in [6.07, 6.45) is 0. The van der Waals surface area contributed by atoms with Crippen molar-refractivity contribution in [2.24, 2.45) is 0 Å². The number of fused-ring (bicyclic) bond motifs is 1. The van der Waals surface area contributed by atoms with Gasteiger partial charge in [0.05, 0.1) is 7.11 Å². The van der Waals surface area contributed by atoms with E-state index in [9.17, 15) is 9.59 Å². The first-order chi connectivity index (χ1) is 9.02. The number of nitrogens with zero attached hydrogens (tertiary/aromatic N) is 1. The van der Waals surface area contributed by atoms with Crippen LogP contribution in [0, 0.1) is 6.92 Å². The Labute approximate surface area is 109 Å². The molecule has 0 saturated carbocycles. The van der Waals surface area contributed by atoms with Gasteiger partial charge >= 0.3 is 5.97 Å². The van der Waals surface area contributed by atoms with E-state index in [4.69, 9.17) is 9.15 Å². The number of aryl methyl sites for hydroxylation is 1. The number of oxazole rings is 1. The van der Waals surface area contributed by atoms with Gasteiger partial charge in [-0.2, -0.15) is 0 Å². The smallest absolute Gasteiger partial charge is 0.333 e. The molecule has 19 heavy (non-hydrogen) atoms. The number of hydrogen-bond acceptors (Lipinski definition) is 5. The summed E-state index contributed by atoms with van der Waals surface area (Å²) < 4.78 is 10.1. The third kappa shape index (κ3) is 2.57. The number of amides is 1. The number of rotatable bonds is 3. The Morgan fingerprint density at radius 3 is 2.79 bits per heavy atom. The van der Waals surface area contributed by atoms with E-state index < -0.39 is 12.0 Å². The Balaban J connectivity index is 2.54. The lowest BCUT2D eigenvalue weighted by molar-refractivity contribution is -0.145. The minimum atomic E-state index is -0.893. The van der Waals surface area contributed by atoms with Gasteiger partial charge in [-0.3, -0.25) is 4.79 Å². The van der Waals surface area contributed by atoms with Crippen LogP contribution in [0.3, 0.4) is 0 Å². The van der Waals surface area contributed by atoms with Crippen molar-refractivity contribution in [2.45, 2.75) is 19.9 Å². The van der Waals surface area contributed by atoms with Gasteiger partial charge in [-0.15, -0.1) is 0 Å². The zero-order chi connectivity index (χ0) is 14.0. The zero-order valence-corrected chi connectivity index (χ0v) is 10.9. The molecular formula is C13H14N2O4. The molecule has 100 valence electrons. The van der Waals surface area contributed by atoms with Crippen LogP contribution in [0.15, 0.2) is 22.6 Å². The Bertz CT molecular complexity index is 633. The van der Waals surface area contributed by atoms with Crippen LogP contribution < -0.4 is 5.32 Å². The number of benzene rings is 1. The van der Waals surface area contributed by atoms with Crippen molar-refractivity contribution in [1.82, 2.24) is 10.3 Å². The minimum absolute atomic E-state index is 0.326. The number of carbonyl (C=O) groups is 2. The van der Waals surface area contributed by atoms with E-state index in [1.54, 1.807) is 25.1 Å². The minimum Gasteiger partial charge on any atom is -0.467 e. The molecule has 0 aliphatic heterocycles. The molecule has 0 bridgehead atoms. The third-order valence-corrected chi connectivity index (χ3v) is 2.65. The van der Waals surface area contributed by atoms with Gasteiger partial charge in [-0.25, -0.2) is 9.78 Å². The molecule has 0 aliphatic carbocycles. The summed E-state index contributed by atoms with van der Waals surface area (Å²) in [7, 11) is 1.27. The largest absolute Gasteiger partial charge is 0.467 e. The van der Waals surface area contributed by atoms with E-state index in [0.29, 0.717) is 22.6 Å². The molecule has 1 heterocycles. The lowest BCUT2D eigenvalue weighted by atomic mass is 10.1. The highest BCUT2D eigenvalue weighted by Crippen LogP contribution is 2.25. The Hall–Kier alpha value is -2.37. The maximum absolute atomic E-state index is 11.8. The van der Waals surface area contributed by atoms with Crippen LogP contribution in [0.2, 0.25) is 0 Å². The van der Waals surface area contributed by atoms with Crippen molar-refractivity contribution >= 4 is 23.0 Å². The van der Waals surface area contributed by atoms with E-state index in [2.05, 4.69) is 10.3 Å². The van der Waals surface area contributed by atoms with Gasteiger partial charge in [0.1, 0.15) is 5.52 Å². The zero-order valence-electron chi connectivity index (χ0n) is 10.9. The summed E-state index contributed by atoms with van der Waals surface area (Å²) in [4.78, 5) is 27.3. The molecule has 2 aromatic rings. The molecule has 0 spiro atoms. The fraction of sp³-hybridized carbons (Fsp3) is 0.308. The predicted octanol–water partition coefficient (Wildman–Crippen LogP) is 1.49. The highest BCUT2D eigenvalue weighted by molar-refractivity contribution is 5.89. The maximum Gasteiger partial charge on any atom is 0.333 e. The molecule has 0 aliphatic rings. The molecule has 1 N–H and O–H groups in total.